The Kier molecular flexibility index (Phi) is 8.24. The third-order valence-electron chi connectivity index (χ3n) is 8.75. The summed E-state index contributed by atoms with van der Waals surface area (Å²) in [4.78, 5) is 2.40. The van der Waals surface area contributed by atoms with Gasteiger partial charge in [-0.05, 0) is 55.5 Å². The van der Waals surface area contributed by atoms with Crippen molar-refractivity contribution in [1.82, 2.24) is 0 Å². The summed E-state index contributed by atoms with van der Waals surface area (Å²) in [6, 6.07) is 17.4. The number of halogens is 1. The van der Waals surface area contributed by atoms with Crippen LogP contribution in [0, 0.1) is 0 Å². The van der Waals surface area contributed by atoms with Gasteiger partial charge >= 0.3 is 0 Å². The fraction of sp³-hybridized carbons (Fsp3) is 0.400. The number of hydrogen-bond acceptors (Lipinski definition) is 3. The number of methoxy groups -OCH3 is 2. The molecule has 3 aliphatic rings. The van der Waals surface area contributed by atoms with Gasteiger partial charge < -0.3 is 14.4 Å². The van der Waals surface area contributed by atoms with Gasteiger partial charge in [0.1, 0.15) is 6.61 Å². The lowest BCUT2D eigenvalue weighted by Crippen LogP contribution is -2.28. The summed E-state index contributed by atoms with van der Waals surface area (Å²) in [6.45, 7) is 12.2. The quantitative estimate of drug-likeness (QED) is 0.294. The van der Waals surface area contributed by atoms with Crippen LogP contribution in [0.3, 0.4) is 0 Å². The number of benzene rings is 2. The van der Waals surface area contributed by atoms with Gasteiger partial charge in [0.15, 0.2) is 12.3 Å². The number of anilines is 1. The molecule has 2 aromatic rings. The van der Waals surface area contributed by atoms with Gasteiger partial charge in [0.25, 0.3) is 0 Å². The Morgan fingerprint density at radius 3 is 2.30 bits per heavy atom. The fourth-order valence-electron chi connectivity index (χ4n) is 6.50. The Bertz CT molecular complexity index is 1440. The van der Waals surface area contributed by atoms with Crippen LogP contribution in [0.5, 0.6) is 0 Å². The number of para-hydroxylation sites is 2. The molecule has 1 aliphatic carbocycles. The van der Waals surface area contributed by atoms with Gasteiger partial charge in [0.05, 0.1) is 12.0 Å². The molecule has 0 aromatic heterocycles. The summed E-state index contributed by atoms with van der Waals surface area (Å²) in [5.41, 5.74) is 10.00. The van der Waals surface area contributed by atoms with Gasteiger partial charge in [-0.1, -0.05) is 74.0 Å². The van der Waals surface area contributed by atoms with Crippen molar-refractivity contribution in [2.24, 2.45) is 0 Å². The molecule has 0 fully saturated rings. The average molecular weight is 558 g/mol. The van der Waals surface area contributed by atoms with Crippen LogP contribution < -0.4 is 4.90 Å². The lowest BCUT2D eigenvalue weighted by Gasteiger charge is -2.26. The van der Waals surface area contributed by atoms with Crippen LogP contribution in [0.4, 0.5) is 11.4 Å². The van der Waals surface area contributed by atoms with Gasteiger partial charge in [-0.25, -0.2) is 0 Å². The standard InChI is InChI=1S/C35H42ClN2O2/c1-34(2)27-11-7-9-13-29(27)37(21-23-39-5)31(34)19-17-25-15-16-26(33(25)36)18-20-32-35(3,4)28-12-8-10-14-30(28)38(32)22-24-40-6/h7-14,17-20H,15-16,21-24H2,1-6H3/q+1. The normalized spacial score (nSPS) is 21.4. The third kappa shape index (κ3) is 5.02. The predicted octanol–water partition coefficient (Wildman–Crippen LogP) is 7.81. The zero-order valence-corrected chi connectivity index (χ0v) is 25.5. The molecular formula is C35H42ClN2O2+. The minimum Gasteiger partial charge on any atom is -0.383 e. The zero-order valence-electron chi connectivity index (χ0n) is 24.8. The van der Waals surface area contributed by atoms with Crippen molar-refractivity contribution >= 4 is 28.7 Å². The second kappa shape index (κ2) is 11.5. The first-order valence-corrected chi connectivity index (χ1v) is 14.7. The van der Waals surface area contributed by atoms with E-state index in [4.69, 9.17) is 21.1 Å². The molecule has 5 rings (SSSR count). The van der Waals surface area contributed by atoms with Crippen LogP contribution in [0.1, 0.15) is 51.7 Å². The SMILES string of the molecule is COCCN1C(=CC=C2CCC(C=CC3=[N+](CCOC)c4ccccc4C3(C)C)=C2Cl)C(C)(C)c2ccccc21. The third-order valence-corrected chi connectivity index (χ3v) is 9.23. The first kappa shape index (κ1) is 28.6. The molecule has 0 amide bonds. The average Bonchev–Trinajstić information content (AvgIpc) is 3.48. The van der Waals surface area contributed by atoms with Crippen molar-refractivity contribution in [3.8, 4) is 0 Å². The highest BCUT2D eigenvalue weighted by atomic mass is 35.5. The van der Waals surface area contributed by atoms with Crippen molar-refractivity contribution in [1.29, 1.82) is 0 Å². The monoisotopic (exact) mass is 557 g/mol. The highest BCUT2D eigenvalue weighted by Crippen LogP contribution is 2.48. The number of rotatable bonds is 9. The summed E-state index contributed by atoms with van der Waals surface area (Å²) in [5, 5.41) is 0.877. The molecule has 0 unspecified atom stereocenters. The maximum absolute atomic E-state index is 7.03. The Morgan fingerprint density at radius 1 is 0.850 bits per heavy atom. The number of nitrogens with zero attached hydrogens (tertiary/aromatic N) is 2. The highest BCUT2D eigenvalue weighted by molar-refractivity contribution is 6.33. The summed E-state index contributed by atoms with van der Waals surface area (Å²) >= 11 is 7.03. The van der Waals surface area contributed by atoms with Crippen LogP contribution in [-0.2, 0) is 20.3 Å². The van der Waals surface area contributed by atoms with Crippen LogP contribution in [0.15, 0.2) is 94.7 Å². The van der Waals surface area contributed by atoms with Crippen molar-refractivity contribution in [2.45, 2.75) is 51.4 Å². The molecule has 0 saturated carbocycles. The Hall–Kier alpha value is -2.92. The van der Waals surface area contributed by atoms with Crippen molar-refractivity contribution in [2.75, 3.05) is 45.4 Å². The second-order valence-corrected chi connectivity index (χ2v) is 12.3. The van der Waals surface area contributed by atoms with E-state index in [2.05, 4.69) is 110 Å². The summed E-state index contributed by atoms with van der Waals surface area (Å²) in [5.74, 6) is 0. The summed E-state index contributed by atoms with van der Waals surface area (Å²) in [6.07, 6.45) is 10.9. The Labute approximate surface area is 245 Å². The minimum absolute atomic E-state index is 0.0930. The lowest BCUT2D eigenvalue weighted by molar-refractivity contribution is -0.441. The molecule has 0 atom stereocenters. The molecule has 0 bridgehead atoms. The van der Waals surface area contributed by atoms with Gasteiger partial charge in [-0.15, -0.1) is 0 Å². The predicted molar refractivity (Wildman–Crippen MR) is 167 cm³/mol. The van der Waals surface area contributed by atoms with Gasteiger partial charge in [-0.3, -0.25) is 0 Å². The second-order valence-electron chi connectivity index (χ2n) is 11.9. The molecule has 5 heteroatoms. The summed E-state index contributed by atoms with van der Waals surface area (Å²) < 4.78 is 13.3. The first-order chi connectivity index (χ1) is 19.2. The van der Waals surface area contributed by atoms with Crippen LogP contribution in [-0.4, -0.2) is 50.8 Å². The van der Waals surface area contributed by atoms with E-state index in [1.165, 1.54) is 45.1 Å². The molecule has 2 heterocycles. The molecule has 2 aliphatic heterocycles. The Morgan fingerprint density at radius 2 is 1.55 bits per heavy atom. The highest BCUT2D eigenvalue weighted by Gasteiger charge is 2.44. The van der Waals surface area contributed by atoms with Crippen molar-refractivity contribution < 1.29 is 14.0 Å². The van der Waals surface area contributed by atoms with Gasteiger partial charge in [-0.2, -0.15) is 4.58 Å². The molecular weight excluding hydrogens is 516 g/mol. The van der Waals surface area contributed by atoms with E-state index in [1.54, 1.807) is 14.2 Å². The smallest absolute Gasteiger partial charge is 0.209 e. The van der Waals surface area contributed by atoms with Gasteiger partial charge in [0, 0.05) is 60.3 Å². The van der Waals surface area contributed by atoms with Crippen LogP contribution in [0.2, 0.25) is 0 Å². The first-order valence-electron chi connectivity index (χ1n) is 14.3. The minimum atomic E-state index is -0.0930. The largest absolute Gasteiger partial charge is 0.383 e. The van der Waals surface area contributed by atoms with E-state index in [-0.39, 0.29) is 10.8 Å². The zero-order chi connectivity index (χ0) is 28.5. The summed E-state index contributed by atoms with van der Waals surface area (Å²) in [7, 11) is 3.52. The fourth-order valence-corrected chi connectivity index (χ4v) is 6.81. The van der Waals surface area contributed by atoms with Crippen molar-refractivity contribution in [3.05, 3.63) is 106 Å². The Balaban J connectivity index is 1.45. The number of ether oxygens (including phenoxy) is 2. The number of allylic oxidation sites excluding steroid dienone is 8. The molecule has 0 saturated heterocycles. The molecule has 40 heavy (non-hydrogen) atoms. The number of fused-ring (bicyclic) bond motifs is 2. The number of hydrogen-bond donors (Lipinski definition) is 0. The van der Waals surface area contributed by atoms with E-state index < -0.39 is 0 Å². The maximum Gasteiger partial charge on any atom is 0.209 e. The lowest BCUT2D eigenvalue weighted by atomic mass is 9.81. The molecule has 0 N–H and O–H groups in total. The van der Waals surface area contributed by atoms with E-state index in [0.717, 1.165) is 31.0 Å². The van der Waals surface area contributed by atoms with E-state index in [9.17, 15) is 0 Å². The topological polar surface area (TPSA) is 24.7 Å². The van der Waals surface area contributed by atoms with Crippen LogP contribution in [0.25, 0.3) is 0 Å². The molecule has 0 spiro atoms. The molecule has 210 valence electrons. The molecule has 0 radical (unpaired) electrons. The molecule has 2 aromatic carbocycles. The van der Waals surface area contributed by atoms with Gasteiger partial charge in [0.2, 0.25) is 5.69 Å². The van der Waals surface area contributed by atoms with Crippen molar-refractivity contribution in [3.63, 3.8) is 0 Å². The van der Waals surface area contributed by atoms with E-state index in [0.29, 0.717) is 13.2 Å². The molecule has 4 nitrogen and oxygen atoms in total. The maximum atomic E-state index is 7.03. The van der Waals surface area contributed by atoms with E-state index in [1.807, 2.05) is 0 Å². The van der Waals surface area contributed by atoms with Crippen LogP contribution >= 0.6 is 11.6 Å². The van der Waals surface area contributed by atoms with E-state index >= 15 is 0 Å².